The number of phenols is 1. The Morgan fingerprint density at radius 1 is 0.745 bits per heavy atom. The fourth-order valence-corrected chi connectivity index (χ4v) is 7.01. The molecule has 0 aliphatic rings. The standard InChI is InChI=1S/C39H47N5O2S/c1-2-3-4-5-6-7-8-9-10-11-12-13-15-22-30-23-18-21-28-35(30)40-38(46)34-29-36(32-26-19-20-27-33(32)37(34)45)47-39-41-42-43-44(39)31-24-16-14-17-25-31/h14,16-21,23-29,45H,2-13,15,22H2,1H3,(H,40,46). The number of unbranched alkanes of at least 4 members (excludes halogenated alkanes) is 12. The molecular formula is C39H47N5O2S. The van der Waals surface area contributed by atoms with Crippen LogP contribution in [0.15, 0.2) is 95.0 Å². The van der Waals surface area contributed by atoms with Gasteiger partial charge in [0.2, 0.25) is 5.16 Å². The Bertz CT molecular complexity index is 1700. The summed E-state index contributed by atoms with van der Waals surface area (Å²) in [6, 6.07) is 26.9. The summed E-state index contributed by atoms with van der Waals surface area (Å²) >= 11 is 1.36. The van der Waals surface area contributed by atoms with E-state index in [4.69, 9.17) is 0 Å². The summed E-state index contributed by atoms with van der Waals surface area (Å²) in [4.78, 5) is 14.5. The molecule has 4 aromatic carbocycles. The quantitative estimate of drug-likeness (QED) is 0.0865. The number of aromatic hydroxyl groups is 1. The van der Waals surface area contributed by atoms with Crippen LogP contribution in [0.1, 0.15) is 106 Å². The molecule has 1 aromatic heterocycles. The van der Waals surface area contributed by atoms with Gasteiger partial charge in [0.25, 0.3) is 5.91 Å². The van der Waals surface area contributed by atoms with Gasteiger partial charge in [0.1, 0.15) is 5.75 Å². The Balaban J connectivity index is 1.19. The van der Waals surface area contributed by atoms with Gasteiger partial charge in [-0.2, -0.15) is 4.68 Å². The zero-order chi connectivity index (χ0) is 32.7. The van der Waals surface area contributed by atoms with Crippen LogP contribution < -0.4 is 5.32 Å². The van der Waals surface area contributed by atoms with Crippen LogP contribution in [0.3, 0.4) is 0 Å². The monoisotopic (exact) mass is 649 g/mol. The third-order valence-corrected chi connectivity index (χ3v) is 9.68. The van der Waals surface area contributed by atoms with Crippen molar-refractivity contribution in [1.29, 1.82) is 0 Å². The molecule has 0 aliphatic heterocycles. The number of fused-ring (bicyclic) bond motifs is 1. The highest BCUT2D eigenvalue weighted by Crippen LogP contribution is 2.39. The van der Waals surface area contributed by atoms with Crippen molar-refractivity contribution in [3.8, 4) is 11.4 Å². The number of anilines is 1. The zero-order valence-corrected chi connectivity index (χ0v) is 28.4. The molecule has 246 valence electrons. The molecule has 0 spiro atoms. The van der Waals surface area contributed by atoms with Crippen LogP contribution in [0.2, 0.25) is 0 Å². The summed E-state index contributed by atoms with van der Waals surface area (Å²) in [6.07, 6.45) is 18.1. The highest BCUT2D eigenvalue weighted by molar-refractivity contribution is 7.99. The number of tetrazole rings is 1. The molecule has 0 saturated heterocycles. The first-order chi connectivity index (χ1) is 23.2. The van der Waals surface area contributed by atoms with Crippen LogP contribution in [0.25, 0.3) is 16.5 Å². The maximum Gasteiger partial charge on any atom is 0.259 e. The van der Waals surface area contributed by atoms with E-state index in [1.165, 1.54) is 88.8 Å². The number of hydrogen-bond donors (Lipinski definition) is 2. The Labute approximate surface area is 283 Å². The van der Waals surface area contributed by atoms with Crippen LogP contribution in [0.4, 0.5) is 5.69 Å². The first-order valence-corrected chi connectivity index (χ1v) is 18.1. The number of para-hydroxylation sites is 2. The second-order valence-corrected chi connectivity index (χ2v) is 13.2. The lowest BCUT2D eigenvalue weighted by atomic mass is 10.0. The molecule has 8 heteroatoms. The van der Waals surface area contributed by atoms with Crippen molar-refractivity contribution in [1.82, 2.24) is 20.2 Å². The number of hydrogen-bond acceptors (Lipinski definition) is 6. The summed E-state index contributed by atoms with van der Waals surface area (Å²) < 4.78 is 1.67. The van der Waals surface area contributed by atoms with Crippen LogP contribution >= 0.6 is 11.8 Å². The van der Waals surface area contributed by atoms with E-state index in [1.54, 1.807) is 10.7 Å². The Morgan fingerprint density at radius 2 is 1.34 bits per heavy atom. The fourth-order valence-electron chi connectivity index (χ4n) is 6.04. The maximum atomic E-state index is 13.7. The fraction of sp³-hybridized carbons (Fsp3) is 0.385. The summed E-state index contributed by atoms with van der Waals surface area (Å²) in [5.41, 5.74) is 2.94. The third kappa shape index (κ3) is 9.67. The second kappa shape index (κ2) is 18.2. The molecule has 2 N–H and O–H groups in total. The number of benzene rings is 4. The van der Waals surface area contributed by atoms with Crippen molar-refractivity contribution in [2.24, 2.45) is 0 Å². The average Bonchev–Trinajstić information content (AvgIpc) is 3.57. The van der Waals surface area contributed by atoms with Crippen LogP contribution in [0.5, 0.6) is 5.75 Å². The SMILES string of the molecule is CCCCCCCCCCCCCCCc1ccccc1NC(=O)c1cc(Sc2nnnn2-c2ccccc2)c2ccccc2c1O. The lowest BCUT2D eigenvalue weighted by Gasteiger charge is -2.15. The first-order valence-electron chi connectivity index (χ1n) is 17.3. The first kappa shape index (κ1) is 34.2. The van der Waals surface area contributed by atoms with Gasteiger partial charge in [0.05, 0.1) is 11.3 Å². The van der Waals surface area contributed by atoms with E-state index in [1.807, 2.05) is 72.8 Å². The Morgan fingerprint density at radius 3 is 2.04 bits per heavy atom. The summed E-state index contributed by atoms with van der Waals surface area (Å²) in [5.74, 6) is -0.394. The van der Waals surface area contributed by atoms with Gasteiger partial charge < -0.3 is 10.4 Å². The number of carbonyl (C=O) groups excluding carboxylic acids is 1. The van der Waals surface area contributed by atoms with Crippen LogP contribution in [-0.2, 0) is 6.42 Å². The van der Waals surface area contributed by atoms with E-state index in [-0.39, 0.29) is 17.2 Å². The van der Waals surface area contributed by atoms with E-state index in [0.717, 1.165) is 40.1 Å². The molecule has 0 atom stereocenters. The van der Waals surface area contributed by atoms with Gasteiger partial charge in [-0.1, -0.05) is 145 Å². The molecule has 47 heavy (non-hydrogen) atoms. The number of nitrogens with one attached hydrogen (secondary N) is 1. The summed E-state index contributed by atoms with van der Waals surface area (Å²) in [5, 5.41) is 28.7. The van der Waals surface area contributed by atoms with Gasteiger partial charge >= 0.3 is 0 Å². The van der Waals surface area contributed by atoms with E-state index in [9.17, 15) is 9.90 Å². The number of carbonyl (C=O) groups is 1. The smallest absolute Gasteiger partial charge is 0.259 e. The molecule has 0 unspecified atom stereocenters. The molecule has 0 radical (unpaired) electrons. The van der Waals surface area contributed by atoms with E-state index < -0.39 is 0 Å². The minimum Gasteiger partial charge on any atom is -0.506 e. The number of phenolic OH excluding ortho intramolecular Hbond substituents is 1. The minimum absolute atomic E-state index is 0.0425. The Hall–Kier alpha value is -4.17. The molecule has 5 aromatic rings. The zero-order valence-electron chi connectivity index (χ0n) is 27.5. The molecule has 1 amide bonds. The summed E-state index contributed by atoms with van der Waals surface area (Å²) in [7, 11) is 0. The predicted molar refractivity (Wildman–Crippen MR) is 193 cm³/mol. The number of amides is 1. The van der Waals surface area contributed by atoms with Crippen LogP contribution in [-0.4, -0.2) is 31.2 Å². The largest absolute Gasteiger partial charge is 0.506 e. The van der Waals surface area contributed by atoms with Gasteiger partial charge in [-0.05, 0) is 70.2 Å². The molecule has 0 fully saturated rings. The van der Waals surface area contributed by atoms with E-state index in [0.29, 0.717) is 10.5 Å². The average molecular weight is 650 g/mol. The van der Waals surface area contributed by atoms with Crippen molar-refractivity contribution in [3.63, 3.8) is 0 Å². The summed E-state index contributed by atoms with van der Waals surface area (Å²) in [6.45, 7) is 2.27. The highest BCUT2D eigenvalue weighted by atomic mass is 32.2. The van der Waals surface area contributed by atoms with Crippen molar-refractivity contribution >= 4 is 34.1 Å². The number of rotatable bonds is 19. The second-order valence-electron chi connectivity index (χ2n) is 12.2. The lowest BCUT2D eigenvalue weighted by molar-refractivity contribution is 0.102. The van der Waals surface area contributed by atoms with Gasteiger partial charge in [0, 0.05) is 16.0 Å². The molecule has 0 saturated carbocycles. The van der Waals surface area contributed by atoms with E-state index >= 15 is 0 Å². The molecule has 5 rings (SSSR count). The normalized spacial score (nSPS) is 11.3. The maximum absolute atomic E-state index is 13.7. The molecule has 7 nitrogen and oxygen atoms in total. The molecule has 1 heterocycles. The van der Waals surface area contributed by atoms with Gasteiger partial charge in [-0.15, -0.1) is 5.10 Å². The number of aryl methyl sites for hydroxylation is 1. The minimum atomic E-state index is -0.351. The molecule has 0 bridgehead atoms. The molecule has 0 aliphatic carbocycles. The number of nitrogens with zero attached hydrogens (tertiary/aromatic N) is 4. The highest BCUT2D eigenvalue weighted by Gasteiger charge is 2.20. The van der Waals surface area contributed by atoms with Crippen molar-refractivity contribution in [2.75, 3.05) is 5.32 Å². The van der Waals surface area contributed by atoms with Crippen molar-refractivity contribution < 1.29 is 9.90 Å². The van der Waals surface area contributed by atoms with Gasteiger partial charge in [-0.3, -0.25) is 4.79 Å². The molecular weight excluding hydrogens is 603 g/mol. The number of aromatic nitrogens is 4. The topological polar surface area (TPSA) is 92.9 Å². The van der Waals surface area contributed by atoms with Gasteiger partial charge in [0.15, 0.2) is 0 Å². The Kier molecular flexibility index (Phi) is 13.3. The van der Waals surface area contributed by atoms with Crippen molar-refractivity contribution in [2.45, 2.75) is 107 Å². The van der Waals surface area contributed by atoms with Crippen molar-refractivity contribution in [3.05, 3.63) is 96.1 Å². The van der Waals surface area contributed by atoms with Gasteiger partial charge in [-0.25, -0.2) is 0 Å². The van der Waals surface area contributed by atoms with Crippen LogP contribution in [0, 0.1) is 0 Å². The predicted octanol–water partition coefficient (Wildman–Crippen LogP) is 10.6. The lowest BCUT2D eigenvalue weighted by Crippen LogP contribution is -2.14. The van der Waals surface area contributed by atoms with E-state index in [2.05, 4.69) is 33.8 Å². The third-order valence-electron chi connectivity index (χ3n) is 8.68.